The van der Waals surface area contributed by atoms with Crippen molar-refractivity contribution in [2.24, 2.45) is 7.05 Å². The van der Waals surface area contributed by atoms with Crippen molar-refractivity contribution in [2.75, 3.05) is 10.6 Å². The molecular weight excluding hydrogens is 428 g/mol. The van der Waals surface area contributed by atoms with Gasteiger partial charge in [-0.2, -0.15) is 5.10 Å². The van der Waals surface area contributed by atoms with Crippen LogP contribution in [0.3, 0.4) is 0 Å². The first-order valence-corrected chi connectivity index (χ1v) is 10.1. The molecule has 0 bridgehead atoms. The zero-order valence-corrected chi connectivity index (χ0v) is 18.0. The van der Waals surface area contributed by atoms with Crippen LogP contribution in [-0.2, 0) is 24.2 Å². The largest absolute Gasteiger partial charge is 0.324 e. The number of benzene rings is 1. The van der Waals surface area contributed by atoms with E-state index in [0.717, 1.165) is 35.5 Å². The minimum Gasteiger partial charge on any atom is -0.324 e. The fraction of sp³-hybridized carbons (Fsp3) is 0.174. The van der Waals surface area contributed by atoms with Crippen molar-refractivity contribution < 1.29 is 13.6 Å². The number of carbonyl (C=O) groups excluding carboxylic acids is 1. The first kappa shape index (κ1) is 22.0. The van der Waals surface area contributed by atoms with Crippen LogP contribution in [0.15, 0.2) is 67.5 Å². The molecule has 0 fully saturated rings. The Morgan fingerprint density at radius 2 is 1.73 bits per heavy atom. The van der Waals surface area contributed by atoms with Crippen molar-refractivity contribution in [3.8, 4) is 11.1 Å². The van der Waals surface area contributed by atoms with E-state index in [1.165, 1.54) is 12.3 Å². The zero-order valence-electron chi connectivity index (χ0n) is 18.0. The van der Waals surface area contributed by atoms with Gasteiger partial charge in [-0.25, -0.2) is 18.7 Å². The Morgan fingerprint density at radius 1 is 1.00 bits per heavy atom. The number of aryl methyl sites for hydroxylation is 1. The predicted molar refractivity (Wildman–Crippen MR) is 120 cm³/mol. The number of rotatable bonds is 7. The number of anilines is 3. The fourth-order valence-electron chi connectivity index (χ4n) is 3.11. The van der Waals surface area contributed by atoms with Crippen LogP contribution >= 0.6 is 0 Å². The fourth-order valence-corrected chi connectivity index (χ4v) is 3.11. The second-order valence-electron chi connectivity index (χ2n) is 7.60. The second-order valence-corrected chi connectivity index (χ2v) is 7.60. The van der Waals surface area contributed by atoms with Crippen LogP contribution in [0.1, 0.15) is 18.1 Å². The topological polar surface area (TPSA) is 97.6 Å². The van der Waals surface area contributed by atoms with E-state index in [1.54, 1.807) is 23.3 Å². The molecule has 10 heteroatoms. The lowest BCUT2D eigenvalue weighted by molar-refractivity contribution is -0.115. The van der Waals surface area contributed by atoms with Gasteiger partial charge < -0.3 is 10.6 Å². The summed E-state index contributed by atoms with van der Waals surface area (Å²) >= 11 is 0. The van der Waals surface area contributed by atoms with E-state index in [1.807, 2.05) is 37.5 Å². The number of carbonyl (C=O) groups is 1. The number of aromatic nitrogens is 5. The van der Waals surface area contributed by atoms with Crippen molar-refractivity contribution in [1.82, 2.24) is 24.7 Å². The minimum absolute atomic E-state index is 0.0947. The summed E-state index contributed by atoms with van der Waals surface area (Å²) in [7, 11) is 1.82. The number of hydrogen-bond donors (Lipinski definition) is 2. The van der Waals surface area contributed by atoms with Crippen LogP contribution in [0, 0.1) is 0 Å². The summed E-state index contributed by atoms with van der Waals surface area (Å²) in [6.07, 6.45) is 9.42. The normalized spacial score (nSPS) is 11.3. The van der Waals surface area contributed by atoms with Gasteiger partial charge in [0.15, 0.2) is 0 Å². The summed E-state index contributed by atoms with van der Waals surface area (Å²) in [5, 5.41) is 9.76. The van der Waals surface area contributed by atoms with Gasteiger partial charge >= 0.3 is 0 Å². The molecule has 0 aliphatic rings. The summed E-state index contributed by atoms with van der Waals surface area (Å²) in [6.45, 7) is 0.785. The Bertz CT molecular complexity index is 1250. The maximum Gasteiger partial charge on any atom is 0.272 e. The highest BCUT2D eigenvalue weighted by atomic mass is 19.3. The third-order valence-corrected chi connectivity index (χ3v) is 4.79. The highest BCUT2D eigenvalue weighted by molar-refractivity contribution is 5.92. The van der Waals surface area contributed by atoms with E-state index in [0.29, 0.717) is 5.95 Å². The van der Waals surface area contributed by atoms with Crippen molar-refractivity contribution in [3.63, 3.8) is 0 Å². The van der Waals surface area contributed by atoms with Gasteiger partial charge in [0.2, 0.25) is 11.9 Å². The third-order valence-electron chi connectivity index (χ3n) is 4.79. The molecule has 1 aromatic carbocycles. The molecular formula is C23H21F2N7O. The number of nitrogens with zero attached hydrogens (tertiary/aromatic N) is 5. The molecule has 0 radical (unpaired) electrons. The van der Waals surface area contributed by atoms with Crippen LogP contribution < -0.4 is 10.6 Å². The number of nitrogens with one attached hydrogen (secondary N) is 2. The van der Waals surface area contributed by atoms with Crippen molar-refractivity contribution in [3.05, 3.63) is 78.6 Å². The number of amides is 1. The molecule has 0 spiro atoms. The van der Waals surface area contributed by atoms with Gasteiger partial charge in [-0.1, -0.05) is 24.3 Å². The molecule has 8 nitrogen and oxygen atoms in total. The molecule has 4 aromatic rings. The van der Waals surface area contributed by atoms with Gasteiger partial charge in [-0.15, -0.1) is 0 Å². The van der Waals surface area contributed by atoms with Crippen LogP contribution in [-0.4, -0.2) is 30.6 Å². The monoisotopic (exact) mass is 449 g/mol. The molecule has 168 valence electrons. The smallest absolute Gasteiger partial charge is 0.272 e. The molecule has 4 rings (SSSR count). The van der Waals surface area contributed by atoms with Crippen LogP contribution in [0.4, 0.5) is 26.1 Å². The van der Waals surface area contributed by atoms with Crippen LogP contribution in [0.5, 0.6) is 0 Å². The molecule has 3 heterocycles. The molecule has 0 saturated heterocycles. The van der Waals surface area contributed by atoms with E-state index < -0.39 is 5.92 Å². The highest BCUT2D eigenvalue weighted by Gasteiger charge is 2.25. The molecule has 1 amide bonds. The van der Waals surface area contributed by atoms with E-state index >= 15 is 0 Å². The number of pyridine rings is 1. The standard InChI is InChI=1S/C23H21F2N7O/c1-23(24,25)18-8-19(12-26-11-18)30-21(33)7-15-3-5-16(6-4-15)17-9-27-22(28-10-17)31-20-13-29-32(2)14-20/h3-6,8-14H,7H2,1-2H3,(H,30,33)(H,27,28,31). The molecule has 0 unspecified atom stereocenters. The lowest BCUT2D eigenvalue weighted by Crippen LogP contribution is -2.15. The van der Waals surface area contributed by atoms with E-state index in [-0.39, 0.29) is 23.6 Å². The van der Waals surface area contributed by atoms with E-state index in [4.69, 9.17) is 0 Å². The maximum absolute atomic E-state index is 13.4. The molecule has 33 heavy (non-hydrogen) atoms. The Morgan fingerprint density at radius 3 is 2.36 bits per heavy atom. The summed E-state index contributed by atoms with van der Waals surface area (Å²) in [5.41, 5.74) is 3.26. The average molecular weight is 449 g/mol. The van der Waals surface area contributed by atoms with E-state index in [9.17, 15) is 13.6 Å². The average Bonchev–Trinajstić information content (AvgIpc) is 3.19. The molecule has 0 aliphatic carbocycles. The van der Waals surface area contributed by atoms with Gasteiger partial charge in [0.1, 0.15) is 0 Å². The molecule has 2 N–H and O–H groups in total. The Balaban J connectivity index is 1.36. The van der Waals surface area contributed by atoms with Crippen LogP contribution in [0.2, 0.25) is 0 Å². The first-order chi connectivity index (χ1) is 15.8. The summed E-state index contributed by atoms with van der Waals surface area (Å²) < 4.78 is 28.6. The minimum atomic E-state index is -3.03. The lowest BCUT2D eigenvalue weighted by atomic mass is 10.0. The Kier molecular flexibility index (Phi) is 6.07. The van der Waals surface area contributed by atoms with Gasteiger partial charge in [0.25, 0.3) is 5.92 Å². The number of halogens is 2. The Hall–Kier alpha value is -4.21. The first-order valence-electron chi connectivity index (χ1n) is 10.1. The second kappa shape index (κ2) is 9.11. The zero-order chi connectivity index (χ0) is 23.4. The summed E-state index contributed by atoms with van der Waals surface area (Å²) in [4.78, 5) is 24.7. The van der Waals surface area contributed by atoms with Gasteiger partial charge in [0, 0.05) is 49.9 Å². The van der Waals surface area contributed by atoms with Crippen molar-refractivity contribution in [2.45, 2.75) is 19.3 Å². The number of hydrogen-bond acceptors (Lipinski definition) is 6. The molecule has 3 aromatic heterocycles. The van der Waals surface area contributed by atoms with Gasteiger partial charge in [-0.3, -0.25) is 14.5 Å². The maximum atomic E-state index is 13.4. The molecule has 0 aliphatic heterocycles. The van der Waals surface area contributed by atoms with Crippen molar-refractivity contribution in [1.29, 1.82) is 0 Å². The van der Waals surface area contributed by atoms with Crippen molar-refractivity contribution >= 4 is 23.2 Å². The molecule has 0 saturated carbocycles. The third kappa shape index (κ3) is 5.73. The Labute approximate surface area is 188 Å². The van der Waals surface area contributed by atoms with Crippen LogP contribution in [0.25, 0.3) is 11.1 Å². The molecule has 0 atom stereocenters. The number of alkyl halides is 2. The summed E-state index contributed by atoms with van der Waals surface area (Å²) in [5.74, 6) is -2.89. The van der Waals surface area contributed by atoms with Gasteiger partial charge in [-0.05, 0) is 17.2 Å². The van der Waals surface area contributed by atoms with Gasteiger partial charge in [0.05, 0.1) is 30.2 Å². The SMILES string of the molecule is Cn1cc(Nc2ncc(-c3ccc(CC(=O)Nc4cncc(C(C)(F)F)c4)cc3)cn2)cn1. The summed E-state index contributed by atoms with van der Waals surface area (Å²) in [6, 6.07) is 8.61. The lowest BCUT2D eigenvalue weighted by Gasteiger charge is -2.12. The van der Waals surface area contributed by atoms with E-state index in [2.05, 4.69) is 30.7 Å². The predicted octanol–water partition coefficient (Wildman–Crippen LogP) is 4.31. The highest BCUT2D eigenvalue weighted by Crippen LogP contribution is 2.28. The quantitative estimate of drug-likeness (QED) is 0.436.